The van der Waals surface area contributed by atoms with Crippen molar-refractivity contribution in [3.8, 4) is 0 Å². The third-order valence-corrected chi connectivity index (χ3v) is 4.38. The van der Waals surface area contributed by atoms with Crippen LogP contribution in [0.2, 0.25) is 0 Å². The lowest BCUT2D eigenvalue weighted by molar-refractivity contribution is 1.13. The number of fused-ring (bicyclic) bond motifs is 1. The van der Waals surface area contributed by atoms with Gasteiger partial charge in [-0.15, -0.1) is 11.3 Å². The van der Waals surface area contributed by atoms with E-state index >= 15 is 0 Å². The van der Waals surface area contributed by atoms with Gasteiger partial charge in [0.15, 0.2) is 0 Å². The molecule has 102 valence electrons. The molecule has 1 aromatic carbocycles. The van der Waals surface area contributed by atoms with Gasteiger partial charge in [0.25, 0.3) is 0 Å². The van der Waals surface area contributed by atoms with E-state index in [9.17, 15) is 0 Å². The summed E-state index contributed by atoms with van der Waals surface area (Å²) >= 11 is 1.83. The Morgan fingerprint density at radius 1 is 1.15 bits per heavy atom. The number of hydrogen-bond donors (Lipinski definition) is 2. The minimum atomic E-state index is 0.722. The largest absolute Gasteiger partial charge is 0.399 e. The maximum Gasteiger partial charge on any atom is 0.137 e. The van der Waals surface area contributed by atoms with Crippen molar-refractivity contribution in [3.63, 3.8) is 0 Å². The average Bonchev–Trinajstić information content (AvgIpc) is 2.93. The van der Waals surface area contributed by atoms with Crippen LogP contribution in [0.5, 0.6) is 0 Å². The molecular formula is C15H16N4S. The number of thiophene rings is 1. The lowest BCUT2D eigenvalue weighted by Gasteiger charge is -2.07. The number of nitrogens with one attached hydrogen (secondary N) is 1. The van der Waals surface area contributed by atoms with Crippen molar-refractivity contribution in [2.24, 2.45) is 0 Å². The molecule has 0 aliphatic rings. The van der Waals surface area contributed by atoms with Gasteiger partial charge in [0, 0.05) is 20.8 Å². The van der Waals surface area contributed by atoms with Gasteiger partial charge in [0.1, 0.15) is 12.1 Å². The van der Waals surface area contributed by atoms with Crippen molar-refractivity contribution in [1.29, 1.82) is 0 Å². The molecule has 0 spiro atoms. The monoisotopic (exact) mass is 284 g/mol. The molecule has 0 radical (unpaired) electrons. The van der Waals surface area contributed by atoms with Gasteiger partial charge in [-0.05, 0) is 36.8 Å². The Morgan fingerprint density at radius 3 is 2.80 bits per heavy atom. The maximum atomic E-state index is 5.84. The number of aromatic nitrogens is 2. The van der Waals surface area contributed by atoms with Gasteiger partial charge in [-0.25, -0.2) is 9.97 Å². The number of benzene rings is 1. The summed E-state index contributed by atoms with van der Waals surface area (Å²) in [6, 6.07) is 10.0. The minimum absolute atomic E-state index is 0.722. The summed E-state index contributed by atoms with van der Waals surface area (Å²) in [5.74, 6) is 0.828. The zero-order valence-corrected chi connectivity index (χ0v) is 12.1. The Labute approximate surface area is 121 Å². The van der Waals surface area contributed by atoms with Gasteiger partial charge in [0.2, 0.25) is 0 Å². The second-order valence-corrected chi connectivity index (χ2v) is 5.83. The summed E-state index contributed by atoms with van der Waals surface area (Å²) in [7, 11) is 0. The third-order valence-electron chi connectivity index (χ3n) is 3.16. The highest BCUT2D eigenvalue weighted by Crippen LogP contribution is 2.23. The molecule has 0 saturated carbocycles. The number of anilines is 2. The smallest absolute Gasteiger partial charge is 0.137 e. The molecule has 4 nitrogen and oxygen atoms in total. The minimum Gasteiger partial charge on any atom is -0.399 e. The summed E-state index contributed by atoms with van der Waals surface area (Å²) in [6.45, 7) is 2.94. The van der Waals surface area contributed by atoms with Gasteiger partial charge in [0.05, 0.1) is 12.1 Å². The molecule has 3 rings (SSSR count). The Morgan fingerprint density at radius 2 is 2.00 bits per heavy atom. The highest BCUT2D eigenvalue weighted by molar-refractivity contribution is 7.12. The van der Waals surface area contributed by atoms with Crippen LogP contribution in [-0.2, 0) is 13.0 Å². The SMILES string of the molecule is CCc1ccc(CNc2ncnc3ccc(N)cc23)s1. The van der Waals surface area contributed by atoms with Gasteiger partial charge in [-0.3, -0.25) is 0 Å². The molecule has 3 aromatic rings. The lowest BCUT2D eigenvalue weighted by Crippen LogP contribution is -2.01. The Balaban J connectivity index is 1.85. The standard InChI is InChI=1S/C15H16N4S/c1-2-11-4-5-12(20-11)8-17-15-13-7-10(16)3-6-14(13)18-9-19-15/h3-7,9H,2,8,16H2,1H3,(H,17,18,19). The number of rotatable bonds is 4. The van der Waals surface area contributed by atoms with Crippen LogP contribution in [0.4, 0.5) is 11.5 Å². The van der Waals surface area contributed by atoms with Crippen molar-refractivity contribution >= 4 is 33.7 Å². The molecule has 0 fully saturated rings. The predicted octanol–water partition coefficient (Wildman–Crippen LogP) is 3.45. The highest BCUT2D eigenvalue weighted by atomic mass is 32.1. The number of nitrogen functional groups attached to an aromatic ring is 1. The lowest BCUT2D eigenvalue weighted by atomic mass is 10.2. The first-order valence-corrected chi connectivity index (χ1v) is 7.39. The summed E-state index contributed by atoms with van der Waals surface area (Å²) in [4.78, 5) is 11.3. The zero-order valence-electron chi connectivity index (χ0n) is 11.3. The molecule has 0 unspecified atom stereocenters. The molecule has 0 saturated heterocycles. The molecule has 0 atom stereocenters. The molecule has 5 heteroatoms. The molecule has 0 aliphatic carbocycles. The van der Waals surface area contributed by atoms with Crippen LogP contribution in [0.25, 0.3) is 10.9 Å². The van der Waals surface area contributed by atoms with Crippen molar-refractivity contribution in [1.82, 2.24) is 9.97 Å². The molecule has 2 heterocycles. The quantitative estimate of drug-likeness (QED) is 0.720. The Kier molecular flexibility index (Phi) is 3.52. The van der Waals surface area contributed by atoms with Gasteiger partial charge >= 0.3 is 0 Å². The fourth-order valence-electron chi connectivity index (χ4n) is 2.09. The van der Waals surface area contributed by atoms with Crippen LogP contribution in [0.15, 0.2) is 36.7 Å². The second-order valence-electron chi connectivity index (χ2n) is 4.57. The Bertz CT molecular complexity index is 736. The fraction of sp³-hybridized carbons (Fsp3) is 0.200. The van der Waals surface area contributed by atoms with E-state index in [4.69, 9.17) is 5.73 Å². The second kappa shape index (κ2) is 5.46. The van der Waals surface area contributed by atoms with E-state index in [0.717, 1.165) is 35.4 Å². The fourth-order valence-corrected chi connectivity index (χ4v) is 2.99. The van der Waals surface area contributed by atoms with E-state index < -0.39 is 0 Å². The number of hydrogen-bond acceptors (Lipinski definition) is 5. The molecule has 2 aromatic heterocycles. The molecule has 3 N–H and O–H groups in total. The molecule has 0 aliphatic heterocycles. The van der Waals surface area contributed by atoms with Gasteiger partial charge in [-0.2, -0.15) is 0 Å². The molecule has 20 heavy (non-hydrogen) atoms. The summed E-state index contributed by atoms with van der Waals surface area (Å²) in [6.07, 6.45) is 2.66. The first-order valence-electron chi connectivity index (χ1n) is 6.58. The Hall–Kier alpha value is -2.14. The summed E-state index contributed by atoms with van der Waals surface area (Å²) < 4.78 is 0. The van der Waals surface area contributed by atoms with Crippen LogP contribution >= 0.6 is 11.3 Å². The van der Waals surface area contributed by atoms with E-state index in [0.29, 0.717) is 0 Å². The van der Waals surface area contributed by atoms with E-state index in [1.807, 2.05) is 29.5 Å². The van der Waals surface area contributed by atoms with Crippen LogP contribution in [0.1, 0.15) is 16.7 Å². The van der Waals surface area contributed by atoms with E-state index in [2.05, 4.69) is 34.3 Å². The number of nitrogens with zero attached hydrogens (tertiary/aromatic N) is 2. The van der Waals surface area contributed by atoms with Crippen molar-refractivity contribution in [2.45, 2.75) is 19.9 Å². The van der Waals surface area contributed by atoms with Gasteiger partial charge < -0.3 is 11.1 Å². The third kappa shape index (κ3) is 2.58. The van der Waals surface area contributed by atoms with E-state index in [1.165, 1.54) is 9.75 Å². The number of nitrogens with two attached hydrogens (primary N) is 1. The highest BCUT2D eigenvalue weighted by Gasteiger charge is 2.05. The van der Waals surface area contributed by atoms with E-state index in [1.54, 1.807) is 6.33 Å². The van der Waals surface area contributed by atoms with Crippen LogP contribution in [0, 0.1) is 0 Å². The zero-order chi connectivity index (χ0) is 13.9. The van der Waals surface area contributed by atoms with Crippen LogP contribution in [-0.4, -0.2) is 9.97 Å². The maximum absolute atomic E-state index is 5.84. The van der Waals surface area contributed by atoms with Crippen LogP contribution < -0.4 is 11.1 Å². The molecular weight excluding hydrogens is 268 g/mol. The summed E-state index contributed by atoms with van der Waals surface area (Å²) in [5, 5.41) is 4.33. The molecule has 0 bridgehead atoms. The topological polar surface area (TPSA) is 63.8 Å². The summed E-state index contributed by atoms with van der Waals surface area (Å²) in [5.41, 5.74) is 7.46. The van der Waals surface area contributed by atoms with Crippen molar-refractivity contribution < 1.29 is 0 Å². The molecule has 0 amide bonds. The average molecular weight is 284 g/mol. The normalized spacial score (nSPS) is 10.8. The number of aryl methyl sites for hydroxylation is 1. The predicted molar refractivity (Wildman–Crippen MR) is 85.0 cm³/mol. The van der Waals surface area contributed by atoms with Gasteiger partial charge in [-0.1, -0.05) is 6.92 Å². The first-order chi connectivity index (χ1) is 9.76. The van der Waals surface area contributed by atoms with Crippen molar-refractivity contribution in [3.05, 3.63) is 46.4 Å². The van der Waals surface area contributed by atoms with E-state index in [-0.39, 0.29) is 0 Å². The van der Waals surface area contributed by atoms with Crippen molar-refractivity contribution in [2.75, 3.05) is 11.1 Å². The van der Waals surface area contributed by atoms with Crippen LogP contribution in [0.3, 0.4) is 0 Å². The first kappa shape index (κ1) is 12.9.